The van der Waals surface area contributed by atoms with Crippen LogP contribution in [-0.4, -0.2) is 22.0 Å². The van der Waals surface area contributed by atoms with Crippen LogP contribution in [0.4, 0.5) is 4.39 Å². The number of benzene rings is 2. The van der Waals surface area contributed by atoms with Crippen LogP contribution < -0.4 is 0 Å². The first-order valence-electron chi connectivity index (χ1n) is 8.84. The summed E-state index contributed by atoms with van der Waals surface area (Å²) in [6, 6.07) is 14.8. The van der Waals surface area contributed by atoms with E-state index in [9.17, 15) is 9.18 Å². The number of hydrogen-bond donors (Lipinski definition) is 0. The number of amides is 1. The molecule has 27 heavy (non-hydrogen) atoms. The third kappa shape index (κ3) is 2.72. The Morgan fingerprint density at radius 3 is 2.78 bits per heavy atom. The van der Waals surface area contributed by atoms with Crippen LogP contribution in [0.15, 0.2) is 59.7 Å². The molecule has 0 spiro atoms. The van der Waals surface area contributed by atoms with Crippen molar-refractivity contribution in [2.45, 2.75) is 19.6 Å². The van der Waals surface area contributed by atoms with Crippen molar-refractivity contribution < 1.29 is 9.18 Å². The lowest BCUT2D eigenvalue weighted by molar-refractivity contribution is 0.0765. The molecule has 5 heteroatoms. The molecule has 0 atom stereocenters. The van der Waals surface area contributed by atoms with Gasteiger partial charge in [0.1, 0.15) is 5.82 Å². The molecule has 2 aliphatic rings. The van der Waals surface area contributed by atoms with E-state index in [1.165, 1.54) is 0 Å². The first-order valence-corrected chi connectivity index (χ1v) is 8.84. The topological polar surface area (TPSA) is 45.6 Å². The van der Waals surface area contributed by atoms with Gasteiger partial charge in [-0.3, -0.25) is 14.8 Å². The fraction of sp³-hybridized carbons (Fsp3) is 0.136. The van der Waals surface area contributed by atoms with E-state index in [2.05, 4.69) is 16.0 Å². The zero-order valence-corrected chi connectivity index (χ0v) is 14.5. The molecule has 2 aromatic carbocycles. The Labute approximate surface area is 156 Å². The number of aromatic nitrogens is 1. The monoisotopic (exact) mass is 357 g/mol. The summed E-state index contributed by atoms with van der Waals surface area (Å²) in [5, 5.41) is 0. The number of rotatable bonds is 3. The number of halogens is 1. The Hall–Kier alpha value is -3.34. The normalized spacial score (nSPS) is 14.6. The summed E-state index contributed by atoms with van der Waals surface area (Å²) >= 11 is 0. The predicted octanol–water partition coefficient (Wildman–Crippen LogP) is 3.98. The SMILES string of the molecule is O=C1c2cccnc2CN1Cc1ccc(-c2ccc3c(c2)CN=C3)cc1F. The van der Waals surface area contributed by atoms with Crippen LogP contribution in [0, 0.1) is 5.82 Å². The fourth-order valence-electron chi connectivity index (χ4n) is 3.66. The average Bonchev–Trinajstić information content (AvgIpc) is 3.28. The summed E-state index contributed by atoms with van der Waals surface area (Å²) < 4.78 is 14.7. The van der Waals surface area contributed by atoms with Crippen LogP contribution in [0.1, 0.15) is 32.7 Å². The molecule has 0 unspecified atom stereocenters. The van der Waals surface area contributed by atoms with Crippen molar-refractivity contribution in [3.63, 3.8) is 0 Å². The van der Waals surface area contributed by atoms with Gasteiger partial charge in [0.05, 0.1) is 24.3 Å². The quantitative estimate of drug-likeness (QED) is 0.712. The first-order chi connectivity index (χ1) is 13.2. The van der Waals surface area contributed by atoms with Gasteiger partial charge in [-0.05, 0) is 46.5 Å². The smallest absolute Gasteiger partial charge is 0.256 e. The molecule has 0 bridgehead atoms. The average molecular weight is 357 g/mol. The third-order valence-electron chi connectivity index (χ3n) is 5.13. The molecule has 0 aliphatic carbocycles. The highest BCUT2D eigenvalue weighted by Crippen LogP contribution is 2.28. The van der Waals surface area contributed by atoms with Crippen molar-refractivity contribution in [3.05, 3.63) is 88.5 Å². The van der Waals surface area contributed by atoms with Gasteiger partial charge >= 0.3 is 0 Å². The lowest BCUT2D eigenvalue weighted by Crippen LogP contribution is -2.23. The van der Waals surface area contributed by atoms with E-state index in [0.717, 1.165) is 27.9 Å². The number of pyridine rings is 1. The summed E-state index contributed by atoms with van der Waals surface area (Å²) in [6.45, 7) is 1.33. The van der Waals surface area contributed by atoms with E-state index in [1.807, 2.05) is 24.4 Å². The summed E-state index contributed by atoms with van der Waals surface area (Å²) in [5.41, 5.74) is 5.93. The number of carbonyl (C=O) groups is 1. The second-order valence-corrected chi connectivity index (χ2v) is 6.85. The molecule has 4 nitrogen and oxygen atoms in total. The van der Waals surface area contributed by atoms with Crippen molar-refractivity contribution in [2.24, 2.45) is 4.99 Å². The van der Waals surface area contributed by atoms with Gasteiger partial charge in [0.2, 0.25) is 0 Å². The van der Waals surface area contributed by atoms with Crippen LogP contribution in [-0.2, 0) is 19.6 Å². The maximum absolute atomic E-state index is 14.7. The maximum atomic E-state index is 14.7. The summed E-state index contributed by atoms with van der Waals surface area (Å²) in [7, 11) is 0. The minimum absolute atomic E-state index is 0.0970. The van der Waals surface area contributed by atoms with E-state index >= 15 is 0 Å². The molecule has 3 heterocycles. The molecule has 132 valence electrons. The van der Waals surface area contributed by atoms with E-state index < -0.39 is 0 Å². The molecule has 0 fully saturated rings. The number of nitrogens with zero attached hydrogens (tertiary/aromatic N) is 3. The van der Waals surface area contributed by atoms with Crippen LogP contribution in [0.2, 0.25) is 0 Å². The number of aliphatic imine (C=N–C) groups is 1. The van der Waals surface area contributed by atoms with Crippen molar-refractivity contribution in [1.29, 1.82) is 0 Å². The fourth-order valence-corrected chi connectivity index (χ4v) is 3.66. The number of carbonyl (C=O) groups excluding carboxylic acids is 1. The molecule has 1 amide bonds. The van der Waals surface area contributed by atoms with Crippen molar-refractivity contribution in [3.8, 4) is 11.1 Å². The van der Waals surface area contributed by atoms with E-state index in [1.54, 1.807) is 35.4 Å². The van der Waals surface area contributed by atoms with Gasteiger partial charge in [0.25, 0.3) is 5.91 Å². The molecular formula is C22H16FN3O. The highest BCUT2D eigenvalue weighted by Gasteiger charge is 2.28. The molecule has 3 aromatic rings. The molecule has 1 aromatic heterocycles. The predicted molar refractivity (Wildman–Crippen MR) is 101 cm³/mol. The molecule has 2 aliphatic heterocycles. The van der Waals surface area contributed by atoms with Gasteiger partial charge < -0.3 is 4.90 Å². The van der Waals surface area contributed by atoms with Crippen LogP contribution >= 0.6 is 0 Å². The van der Waals surface area contributed by atoms with E-state index in [-0.39, 0.29) is 18.3 Å². The Kier molecular flexibility index (Phi) is 3.60. The van der Waals surface area contributed by atoms with Crippen molar-refractivity contribution in [1.82, 2.24) is 9.88 Å². The van der Waals surface area contributed by atoms with E-state index in [4.69, 9.17) is 0 Å². The Balaban J connectivity index is 1.39. The van der Waals surface area contributed by atoms with Gasteiger partial charge in [0.15, 0.2) is 0 Å². The lowest BCUT2D eigenvalue weighted by atomic mass is 9.99. The zero-order chi connectivity index (χ0) is 18.4. The second-order valence-electron chi connectivity index (χ2n) is 6.85. The van der Waals surface area contributed by atoms with Crippen LogP contribution in [0.5, 0.6) is 0 Å². The van der Waals surface area contributed by atoms with E-state index in [0.29, 0.717) is 24.2 Å². The zero-order valence-electron chi connectivity index (χ0n) is 14.5. The second kappa shape index (κ2) is 6.13. The van der Waals surface area contributed by atoms with Crippen LogP contribution in [0.25, 0.3) is 11.1 Å². The van der Waals surface area contributed by atoms with Gasteiger partial charge in [-0.15, -0.1) is 0 Å². The Bertz CT molecular complexity index is 1110. The molecule has 0 N–H and O–H groups in total. The molecular weight excluding hydrogens is 341 g/mol. The standard InChI is InChI=1S/C22H16FN3O/c23-20-9-15(14-3-5-16-10-24-11-18(16)8-14)4-6-17(20)12-26-13-21-19(22(26)27)2-1-7-25-21/h1-10H,11-13H2. The minimum Gasteiger partial charge on any atom is -0.328 e. The van der Waals surface area contributed by atoms with Gasteiger partial charge in [-0.25, -0.2) is 4.39 Å². The molecule has 0 saturated heterocycles. The van der Waals surface area contributed by atoms with Gasteiger partial charge in [-0.2, -0.15) is 0 Å². The van der Waals surface area contributed by atoms with Gasteiger partial charge in [-0.1, -0.05) is 24.3 Å². The van der Waals surface area contributed by atoms with Crippen LogP contribution in [0.3, 0.4) is 0 Å². The highest BCUT2D eigenvalue weighted by atomic mass is 19.1. The molecule has 0 saturated carbocycles. The van der Waals surface area contributed by atoms with Gasteiger partial charge in [0, 0.05) is 24.5 Å². The summed E-state index contributed by atoms with van der Waals surface area (Å²) in [6.07, 6.45) is 3.54. The minimum atomic E-state index is -0.305. The molecule has 5 rings (SSSR count). The Morgan fingerprint density at radius 2 is 1.93 bits per heavy atom. The number of hydrogen-bond acceptors (Lipinski definition) is 3. The van der Waals surface area contributed by atoms with Crippen molar-refractivity contribution >= 4 is 12.1 Å². The number of fused-ring (bicyclic) bond motifs is 2. The molecule has 0 radical (unpaired) electrons. The summed E-state index contributed by atoms with van der Waals surface area (Å²) in [4.78, 5) is 22.6. The lowest BCUT2D eigenvalue weighted by Gasteiger charge is -2.16. The highest BCUT2D eigenvalue weighted by molar-refractivity contribution is 5.97. The third-order valence-corrected chi connectivity index (χ3v) is 5.13. The van der Waals surface area contributed by atoms with Crippen molar-refractivity contribution in [2.75, 3.05) is 0 Å². The first kappa shape index (κ1) is 15.9. The maximum Gasteiger partial charge on any atom is 0.256 e. The Morgan fingerprint density at radius 1 is 1.07 bits per heavy atom. The largest absolute Gasteiger partial charge is 0.328 e. The summed E-state index contributed by atoms with van der Waals surface area (Å²) in [5.74, 6) is -0.402.